The van der Waals surface area contributed by atoms with E-state index in [1.165, 1.54) is 18.7 Å². The molecule has 3 heteroatoms. The Morgan fingerprint density at radius 2 is 2.13 bits per heavy atom. The second-order valence-corrected chi connectivity index (χ2v) is 4.80. The molecule has 0 spiro atoms. The van der Waals surface area contributed by atoms with Crippen molar-refractivity contribution in [1.82, 2.24) is 9.55 Å². The van der Waals surface area contributed by atoms with Crippen LogP contribution in [0.4, 0.5) is 5.82 Å². The third-order valence-electron chi connectivity index (χ3n) is 2.98. The van der Waals surface area contributed by atoms with Gasteiger partial charge in [0.05, 0.1) is 5.69 Å². The molecule has 1 heterocycles. The Hall–Kier alpha value is -0.990. The van der Waals surface area contributed by atoms with Crippen molar-refractivity contribution < 1.29 is 0 Å². The van der Waals surface area contributed by atoms with E-state index >= 15 is 0 Å². The Morgan fingerprint density at radius 3 is 2.60 bits per heavy atom. The van der Waals surface area contributed by atoms with Crippen molar-refractivity contribution in [2.45, 2.75) is 58.4 Å². The molecule has 0 saturated heterocycles. The summed E-state index contributed by atoms with van der Waals surface area (Å²) in [6.45, 7) is 6.51. The van der Waals surface area contributed by atoms with Crippen molar-refractivity contribution in [2.75, 3.05) is 5.73 Å². The predicted octanol–water partition coefficient (Wildman–Crippen LogP) is 2.88. The number of imidazole rings is 1. The van der Waals surface area contributed by atoms with E-state index < -0.39 is 0 Å². The number of nitrogens with two attached hydrogens (primary N) is 1. The molecule has 1 saturated carbocycles. The molecular weight excluding hydrogens is 186 g/mol. The number of hydrogen-bond acceptors (Lipinski definition) is 2. The number of aromatic nitrogens is 2. The number of aryl methyl sites for hydroxylation is 1. The molecule has 0 bridgehead atoms. The molecule has 1 aliphatic rings. The summed E-state index contributed by atoms with van der Waals surface area (Å²) in [6, 6.07) is 0.645. The number of anilines is 1. The van der Waals surface area contributed by atoms with Gasteiger partial charge in [-0.25, -0.2) is 4.98 Å². The summed E-state index contributed by atoms with van der Waals surface area (Å²) in [5.74, 6) is 2.54. The van der Waals surface area contributed by atoms with Crippen LogP contribution < -0.4 is 5.73 Å². The Labute approximate surface area is 91.7 Å². The zero-order valence-corrected chi connectivity index (χ0v) is 9.95. The molecule has 0 amide bonds. The molecule has 0 aliphatic heterocycles. The van der Waals surface area contributed by atoms with Crippen molar-refractivity contribution in [1.29, 1.82) is 0 Å². The van der Waals surface area contributed by atoms with Gasteiger partial charge >= 0.3 is 0 Å². The third kappa shape index (κ3) is 1.87. The number of nitrogens with zero attached hydrogens (tertiary/aromatic N) is 2. The van der Waals surface area contributed by atoms with Gasteiger partial charge in [-0.05, 0) is 25.2 Å². The number of rotatable bonds is 4. The number of hydrogen-bond donors (Lipinski definition) is 1. The molecule has 1 aliphatic carbocycles. The minimum absolute atomic E-state index is 0.431. The van der Waals surface area contributed by atoms with Crippen LogP contribution in [0.2, 0.25) is 0 Å². The van der Waals surface area contributed by atoms with Gasteiger partial charge in [0.1, 0.15) is 11.6 Å². The zero-order chi connectivity index (χ0) is 11.0. The summed E-state index contributed by atoms with van der Waals surface area (Å²) in [7, 11) is 0. The van der Waals surface area contributed by atoms with Gasteiger partial charge in [0.15, 0.2) is 0 Å². The first-order chi connectivity index (χ1) is 7.15. The van der Waals surface area contributed by atoms with Crippen molar-refractivity contribution in [3.8, 4) is 0 Å². The van der Waals surface area contributed by atoms with E-state index in [2.05, 4.69) is 25.3 Å². The van der Waals surface area contributed by atoms with Crippen LogP contribution in [0.1, 0.15) is 63.5 Å². The first-order valence-corrected chi connectivity index (χ1v) is 6.01. The van der Waals surface area contributed by atoms with Crippen LogP contribution in [0.5, 0.6) is 0 Å². The van der Waals surface area contributed by atoms with Crippen LogP contribution in [0, 0.1) is 0 Å². The highest BCUT2D eigenvalue weighted by Crippen LogP contribution is 2.40. The molecule has 0 atom stereocenters. The molecule has 0 radical (unpaired) electrons. The second-order valence-electron chi connectivity index (χ2n) is 4.80. The topological polar surface area (TPSA) is 43.8 Å². The van der Waals surface area contributed by atoms with Crippen LogP contribution >= 0.6 is 0 Å². The minimum atomic E-state index is 0.431. The molecule has 0 aromatic carbocycles. The fraction of sp³-hybridized carbons (Fsp3) is 0.750. The summed E-state index contributed by atoms with van der Waals surface area (Å²) in [5, 5.41) is 0. The van der Waals surface area contributed by atoms with Gasteiger partial charge in [0.2, 0.25) is 0 Å². The molecule has 84 valence electrons. The molecule has 0 unspecified atom stereocenters. The molecule has 3 nitrogen and oxygen atoms in total. The van der Waals surface area contributed by atoms with E-state index in [-0.39, 0.29) is 0 Å². The summed E-state index contributed by atoms with van der Waals surface area (Å²) in [4.78, 5) is 4.70. The van der Waals surface area contributed by atoms with E-state index in [1.807, 2.05) is 0 Å². The maximum Gasteiger partial charge on any atom is 0.127 e. The van der Waals surface area contributed by atoms with Gasteiger partial charge in [-0.1, -0.05) is 20.8 Å². The summed E-state index contributed by atoms with van der Waals surface area (Å²) in [5.41, 5.74) is 7.27. The molecule has 1 aromatic heterocycles. The third-order valence-corrected chi connectivity index (χ3v) is 2.98. The summed E-state index contributed by atoms with van der Waals surface area (Å²) in [6.07, 6.45) is 4.73. The van der Waals surface area contributed by atoms with Crippen molar-refractivity contribution in [3.63, 3.8) is 0 Å². The fourth-order valence-electron chi connectivity index (χ4n) is 2.08. The van der Waals surface area contributed by atoms with E-state index in [4.69, 9.17) is 10.7 Å². The fourth-order valence-corrected chi connectivity index (χ4v) is 2.08. The van der Waals surface area contributed by atoms with E-state index in [1.54, 1.807) is 0 Å². The molecule has 1 fully saturated rings. The average molecular weight is 207 g/mol. The molecule has 1 aromatic rings. The minimum Gasteiger partial charge on any atom is -0.384 e. The quantitative estimate of drug-likeness (QED) is 0.825. The van der Waals surface area contributed by atoms with Crippen LogP contribution in [-0.2, 0) is 6.42 Å². The van der Waals surface area contributed by atoms with E-state index in [9.17, 15) is 0 Å². The maximum atomic E-state index is 6.18. The first kappa shape index (κ1) is 10.5. The summed E-state index contributed by atoms with van der Waals surface area (Å²) < 4.78 is 2.28. The number of nitrogen functional groups attached to an aromatic ring is 1. The first-order valence-electron chi connectivity index (χ1n) is 6.01. The molecule has 2 N–H and O–H groups in total. The maximum absolute atomic E-state index is 6.18. The lowest BCUT2D eigenvalue weighted by atomic mass is 10.1. The molecule has 2 rings (SSSR count). The highest BCUT2D eigenvalue weighted by atomic mass is 15.2. The van der Waals surface area contributed by atoms with Gasteiger partial charge in [0, 0.05) is 12.5 Å². The Morgan fingerprint density at radius 1 is 1.47 bits per heavy atom. The lowest BCUT2D eigenvalue weighted by Crippen LogP contribution is -2.05. The zero-order valence-electron chi connectivity index (χ0n) is 9.95. The van der Waals surface area contributed by atoms with Gasteiger partial charge in [-0.15, -0.1) is 0 Å². The smallest absolute Gasteiger partial charge is 0.127 e. The highest BCUT2D eigenvalue weighted by molar-refractivity contribution is 5.41. The second kappa shape index (κ2) is 3.87. The van der Waals surface area contributed by atoms with Gasteiger partial charge < -0.3 is 10.3 Å². The SMILES string of the molecule is CCCc1nc(C(C)C)c(N)n1C1CC1. The Balaban J connectivity index is 2.39. The lowest BCUT2D eigenvalue weighted by Gasteiger charge is -2.07. The summed E-state index contributed by atoms with van der Waals surface area (Å²) >= 11 is 0. The normalized spacial score (nSPS) is 16.3. The van der Waals surface area contributed by atoms with Crippen molar-refractivity contribution in [2.24, 2.45) is 0 Å². The molecule has 15 heavy (non-hydrogen) atoms. The monoisotopic (exact) mass is 207 g/mol. The van der Waals surface area contributed by atoms with Crippen LogP contribution in [-0.4, -0.2) is 9.55 Å². The highest BCUT2D eigenvalue weighted by Gasteiger charge is 2.29. The van der Waals surface area contributed by atoms with Gasteiger partial charge in [0.25, 0.3) is 0 Å². The van der Waals surface area contributed by atoms with Gasteiger partial charge in [-0.3, -0.25) is 0 Å². The standard InChI is InChI=1S/C12H21N3/c1-4-5-10-14-11(8(2)3)12(13)15(10)9-6-7-9/h8-9H,4-7,13H2,1-3H3. The van der Waals surface area contributed by atoms with Crippen molar-refractivity contribution >= 4 is 5.82 Å². The van der Waals surface area contributed by atoms with E-state index in [0.29, 0.717) is 12.0 Å². The molecular formula is C12H21N3. The largest absolute Gasteiger partial charge is 0.384 e. The lowest BCUT2D eigenvalue weighted by molar-refractivity contribution is 0.676. The van der Waals surface area contributed by atoms with Crippen LogP contribution in [0.3, 0.4) is 0 Å². The Bertz CT molecular complexity index is 348. The van der Waals surface area contributed by atoms with Crippen LogP contribution in [0.15, 0.2) is 0 Å². The average Bonchev–Trinajstić information content (AvgIpc) is 2.93. The van der Waals surface area contributed by atoms with Gasteiger partial charge in [-0.2, -0.15) is 0 Å². The van der Waals surface area contributed by atoms with Crippen LogP contribution in [0.25, 0.3) is 0 Å². The van der Waals surface area contributed by atoms with Crippen molar-refractivity contribution in [3.05, 3.63) is 11.5 Å². The predicted molar refractivity (Wildman–Crippen MR) is 63.0 cm³/mol. The van der Waals surface area contributed by atoms with E-state index in [0.717, 1.165) is 24.4 Å². The Kier molecular flexibility index (Phi) is 2.72.